The number of pyridine rings is 1. The number of nitrogens with zero attached hydrogens (tertiary/aromatic N) is 4. The molecule has 0 spiro atoms. The lowest BCUT2D eigenvalue weighted by molar-refractivity contribution is -0.116. The van der Waals surface area contributed by atoms with Crippen LogP contribution < -0.4 is 11.1 Å². The summed E-state index contributed by atoms with van der Waals surface area (Å²) in [4.78, 5) is 16.8. The van der Waals surface area contributed by atoms with Crippen molar-refractivity contribution in [3.05, 3.63) is 84.9 Å². The molecular formula is C23H22N6O3S. The number of nitrogen functional groups attached to an aromatic ring is 1. The van der Waals surface area contributed by atoms with Crippen LogP contribution in [-0.2, 0) is 26.9 Å². The van der Waals surface area contributed by atoms with Crippen molar-refractivity contribution in [1.82, 2.24) is 20.0 Å². The molecule has 9 nitrogen and oxygen atoms in total. The zero-order chi connectivity index (χ0) is 23.3. The molecule has 2 aromatic carbocycles. The number of hydrogen-bond donors (Lipinski definition) is 2. The second-order valence-corrected chi connectivity index (χ2v) is 9.36. The van der Waals surface area contributed by atoms with Crippen LogP contribution in [0.3, 0.4) is 0 Å². The highest BCUT2D eigenvalue weighted by atomic mass is 32.2. The minimum atomic E-state index is -3.54. The Hall–Kier alpha value is -4.05. The van der Waals surface area contributed by atoms with Gasteiger partial charge in [-0.25, -0.2) is 13.1 Å². The van der Waals surface area contributed by atoms with E-state index in [1.807, 2.05) is 18.2 Å². The lowest BCUT2D eigenvalue weighted by Gasteiger charge is -2.10. The van der Waals surface area contributed by atoms with Crippen molar-refractivity contribution in [3.8, 4) is 11.1 Å². The second-order valence-electron chi connectivity index (χ2n) is 7.40. The zero-order valence-corrected chi connectivity index (χ0v) is 18.4. The van der Waals surface area contributed by atoms with E-state index >= 15 is 0 Å². The van der Waals surface area contributed by atoms with Crippen molar-refractivity contribution in [3.63, 3.8) is 0 Å². The second kappa shape index (κ2) is 9.61. The number of benzene rings is 2. The molecule has 4 aromatic rings. The quantitative estimate of drug-likeness (QED) is 0.385. The molecule has 0 radical (unpaired) electrons. The van der Waals surface area contributed by atoms with E-state index in [2.05, 4.69) is 20.6 Å². The first-order valence-electron chi connectivity index (χ1n) is 10.2. The summed E-state index contributed by atoms with van der Waals surface area (Å²) < 4.78 is 26.2. The minimum Gasteiger partial charge on any atom is -0.397 e. The minimum absolute atomic E-state index is 0.140. The molecule has 1 amide bonds. The van der Waals surface area contributed by atoms with Gasteiger partial charge in [0.25, 0.3) is 0 Å². The van der Waals surface area contributed by atoms with Gasteiger partial charge >= 0.3 is 0 Å². The first-order chi connectivity index (χ1) is 15.9. The predicted molar refractivity (Wildman–Crippen MR) is 125 cm³/mol. The van der Waals surface area contributed by atoms with Crippen LogP contribution in [0.5, 0.6) is 0 Å². The van der Waals surface area contributed by atoms with E-state index in [0.717, 1.165) is 11.1 Å². The van der Waals surface area contributed by atoms with E-state index in [4.69, 9.17) is 5.73 Å². The summed E-state index contributed by atoms with van der Waals surface area (Å²) in [6, 6.07) is 17.3. The molecule has 10 heteroatoms. The Morgan fingerprint density at radius 2 is 1.85 bits per heavy atom. The van der Waals surface area contributed by atoms with Gasteiger partial charge in [-0.1, -0.05) is 35.5 Å². The van der Waals surface area contributed by atoms with Gasteiger partial charge in [0, 0.05) is 37.0 Å². The summed E-state index contributed by atoms with van der Waals surface area (Å²) in [6.45, 7) is 0. The number of nitrogens with two attached hydrogens (primary N) is 1. The summed E-state index contributed by atoms with van der Waals surface area (Å²) in [5, 5.41) is 10.7. The van der Waals surface area contributed by atoms with Gasteiger partial charge in [-0.2, -0.15) is 0 Å². The molecule has 2 aromatic heterocycles. The maximum atomic E-state index is 12.5. The zero-order valence-electron chi connectivity index (χ0n) is 17.6. The number of carbonyl (C=O) groups excluding carboxylic acids is 1. The first-order valence-corrected chi connectivity index (χ1v) is 11.8. The summed E-state index contributed by atoms with van der Waals surface area (Å²) in [5.41, 5.74) is 9.30. The van der Waals surface area contributed by atoms with Gasteiger partial charge < -0.3 is 11.1 Å². The molecule has 0 saturated heterocycles. The third-order valence-electron chi connectivity index (χ3n) is 4.92. The Kier molecular flexibility index (Phi) is 6.45. The summed E-state index contributed by atoms with van der Waals surface area (Å²) >= 11 is 0. The number of aromatic nitrogens is 4. The molecule has 2 heterocycles. The lowest BCUT2D eigenvalue weighted by atomic mass is 10.1. The van der Waals surface area contributed by atoms with Crippen LogP contribution in [0.1, 0.15) is 12.1 Å². The highest BCUT2D eigenvalue weighted by Gasteiger charge is 2.16. The number of anilines is 2. The molecular weight excluding hydrogens is 440 g/mol. The van der Waals surface area contributed by atoms with Crippen molar-refractivity contribution in [2.75, 3.05) is 11.1 Å². The number of nitrogens with one attached hydrogen (secondary N) is 1. The Balaban J connectivity index is 1.36. The average Bonchev–Trinajstić information content (AvgIpc) is 3.27. The van der Waals surface area contributed by atoms with Crippen molar-refractivity contribution < 1.29 is 13.2 Å². The fourth-order valence-corrected chi connectivity index (χ4v) is 4.42. The van der Waals surface area contributed by atoms with Gasteiger partial charge in [0.15, 0.2) is 9.84 Å². The molecule has 0 aliphatic heterocycles. The van der Waals surface area contributed by atoms with Crippen LogP contribution >= 0.6 is 0 Å². The third kappa shape index (κ3) is 5.60. The number of amides is 1. The van der Waals surface area contributed by atoms with Crippen LogP contribution in [0, 0.1) is 0 Å². The molecule has 0 saturated carbocycles. The van der Waals surface area contributed by atoms with Gasteiger partial charge in [0.1, 0.15) is 5.88 Å². The van der Waals surface area contributed by atoms with Crippen molar-refractivity contribution in [1.29, 1.82) is 0 Å². The van der Waals surface area contributed by atoms with E-state index < -0.39 is 9.84 Å². The molecule has 3 N–H and O–H groups in total. The van der Waals surface area contributed by atoms with Crippen molar-refractivity contribution in [2.24, 2.45) is 0 Å². The molecule has 0 atom stereocenters. The predicted octanol–water partition coefficient (Wildman–Crippen LogP) is 2.93. The van der Waals surface area contributed by atoms with E-state index in [-0.39, 0.29) is 23.1 Å². The molecule has 0 bridgehead atoms. The van der Waals surface area contributed by atoms with Gasteiger partial charge in [0.05, 0.1) is 22.0 Å². The Morgan fingerprint density at radius 1 is 1.03 bits per heavy atom. The molecule has 168 valence electrons. The normalized spacial score (nSPS) is 11.3. The number of hydrogen-bond acceptors (Lipinski definition) is 7. The Bertz CT molecular complexity index is 1360. The van der Waals surface area contributed by atoms with Gasteiger partial charge in [-0.05, 0) is 35.9 Å². The van der Waals surface area contributed by atoms with Gasteiger partial charge in [0.2, 0.25) is 5.91 Å². The highest BCUT2D eigenvalue weighted by Crippen LogP contribution is 2.27. The summed E-state index contributed by atoms with van der Waals surface area (Å²) in [7, 11) is -3.54. The third-order valence-corrected chi connectivity index (χ3v) is 6.52. The van der Waals surface area contributed by atoms with E-state index in [1.165, 1.54) is 23.0 Å². The summed E-state index contributed by atoms with van der Waals surface area (Å²) in [5.74, 6) is -0.565. The monoisotopic (exact) mass is 462 g/mol. The van der Waals surface area contributed by atoms with Crippen molar-refractivity contribution >= 4 is 27.1 Å². The van der Waals surface area contributed by atoms with Crippen molar-refractivity contribution in [2.45, 2.75) is 23.6 Å². The maximum Gasteiger partial charge on any atom is 0.224 e. The number of rotatable bonds is 8. The number of carbonyl (C=O) groups is 1. The number of sulfone groups is 1. The topological polar surface area (TPSA) is 133 Å². The molecule has 33 heavy (non-hydrogen) atoms. The Morgan fingerprint density at radius 3 is 2.61 bits per heavy atom. The van der Waals surface area contributed by atoms with E-state index in [9.17, 15) is 13.2 Å². The SMILES string of the molecule is Nc1ccc(-c2cccnc2)cc1NC(=O)CCc1cn(CS(=O)(=O)c2ccccc2)nn1. The lowest BCUT2D eigenvalue weighted by Crippen LogP contribution is -2.14. The van der Waals surface area contributed by atoms with E-state index in [0.29, 0.717) is 23.5 Å². The standard InChI is InChI=1S/C23H22N6O3S/c24-21-10-8-17(18-5-4-12-25-14-18)13-22(21)26-23(30)11-9-19-15-29(28-27-19)16-33(31,32)20-6-2-1-3-7-20/h1-8,10,12-15H,9,11,16,24H2,(H,26,30). The fourth-order valence-electron chi connectivity index (χ4n) is 3.22. The maximum absolute atomic E-state index is 12.5. The van der Waals surface area contributed by atoms with E-state index in [1.54, 1.807) is 42.7 Å². The fraction of sp³-hybridized carbons (Fsp3) is 0.130. The number of aryl methyl sites for hydroxylation is 1. The largest absolute Gasteiger partial charge is 0.397 e. The molecule has 4 rings (SSSR count). The molecule has 0 aliphatic carbocycles. The van der Waals surface area contributed by atoms with Gasteiger partial charge in [-0.15, -0.1) is 5.10 Å². The van der Waals surface area contributed by atoms with Crippen LogP contribution in [0.4, 0.5) is 11.4 Å². The van der Waals surface area contributed by atoms with Crippen LogP contribution in [0.2, 0.25) is 0 Å². The summed E-state index contributed by atoms with van der Waals surface area (Å²) in [6.07, 6.45) is 5.40. The van der Waals surface area contributed by atoms with Crippen LogP contribution in [0.15, 0.2) is 84.1 Å². The first kappa shape index (κ1) is 22.2. The molecule has 0 unspecified atom stereocenters. The smallest absolute Gasteiger partial charge is 0.224 e. The Labute approximate surface area is 191 Å². The van der Waals surface area contributed by atoms with Crippen LogP contribution in [0.25, 0.3) is 11.1 Å². The highest BCUT2D eigenvalue weighted by molar-refractivity contribution is 7.90. The molecule has 0 aliphatic rings. The molecule has 0 fully saturated rings. The van der Waals surface area contributed by atoms with Crippen LogP contribution in [-0.4, -0.2) is 34.3 Å². The van der Waals surface area contributed by atoms with Gasteiger partial charge in [-0.3, -0.25) is 9.78 Å². The average molecular weight is 463 g/mol.